The average molecular weight is 534 g/mol. The van der Waals surface area contributed by atoms with Gasteiger partial charge >= 0.3 is 0 Å². The van der Waals surface area contributed by atoms with Crippen LogP contribution >= 0.6 is 15.9 Å². The molecule has 1 heterocycles. The third kappa shape index (κ3) is 6.51. The summed E-state index contributed by atoms with van der Waals surface area (Å²) in [5, 5.41) is 3.02. The van der Waals surface area contributed by atoms with Crippen molar-refractivity contribution in [3.8, 4) is 5.75 Å². The summed E-state index contributed by atoms with van der Waals surface area (Å²) in [6.45, 7) is 6.47. The topological polar surface area (TPSA) is 56.1 Å². The number of carbonyl (C=O) groups is 1. The zero-order valence-electron chi connectivity index (χ0n) is 20.3. The summed E-state index contributed by atoms with van der Waals surface area (Å²) in [7, 11) is 0. The zero-order valence-corrected chi connectivity index (χ0v) is 21.9. The molecule has 0 spiro atoms. The summed E-state index contributed by atoms with van der Waals surface area (Å²) >= 11 is 3.42. The number of fused-ring (bicyclic) bond motifs is 1. The number of imidazole rings is 1. The van der Waals surface area contributed by atoms with Crippen molar-refractivity contribution >= 4 is 32.9 Å². The van der Waals surface area contributed by atoms with Gasteiger partial charge in [0.15, 0.2) is 0 Å². The van der Waals surface area contributed by atoms with Gasteiger partial charge in [0, 0.05) is 29.5 Å². The Balaban J connectivity index is 1.34. The van der Waals surface area contributed by atoms with Crippen LogP contribution in [0.4, 0.5) is 0 Å². The summed E-state index contributed by atoms with van der Waals surface area (Å²) in [5.41, 5.74) is 4.02. The lowest BCUT2D eigenvalue weighted by molar-refractivity contribution is 0.0954. The molecule has 1 N–H and O–H groups in total. The minimum absolute atomic E-state index is 0.0761. The Morgan fingerprint density at radius 2 is 1.83 bits per heavy atom. The van der Waals surface area contributed by atoms with Gasteiger partial charge in [-0.3, -0.25) is 4.79 Å². The van der Waals surface area contributed by atoms with Crippen molar-refractivity contribution in [1.29, 1.82) is 0 Å². The second-order valence-electron chi connectivity index (χ2n) is 8.93. The van der Waals surface area contributed by atoms with Gasteiger partial charge in [-0.1, -0.05) is 66.2 Å². The molecule has 0 fully saturated rings. The van der Waals surface area contributed by atoms with Gasteiger partial charge < -0.3 is 14.6 Å². The molecule has 0 saturated carbocycles. The highest BCUT2D eigenvalue weighted by Crippen LogP contribution is 2.26. The molecular weight excluding hydrogens is 502 g/mol. The van der Waals surface area contributed by atoms with Crippen LogP contribution in [0.5, 0.6) is 5.75 Å². The van der Waals surface area contributed by atoms with E-state index >= 15 is 0 Å². The van der Waals surface area contributed by atoms with E-state index < -0.39 is 0 Å². The number of nitrogens with one attached hydrogen (secondary N) is 1. The molecule has 1 amide bonds. The highest BCUT2D eigenvalue weighted by Gasteiger charge is 2.12. The van der Waals surface area contributed by atoms with E-state index in [1.807, 2.05) is 48.5 Å². The first-order chi connectivity index (χ1) is 17.0. The van der Waals surface area contributed by atoms with Gasteiger partial charge in [-0.2, -0.15) is 0 Å². The number of amides is 1. The quantitative estimate of drug-likeness (QED) is 0.217. The van der Waals surface area contributed by atoms with Crippen LogP contribution in [-0.2, 0) is 13.0 Å². The van der Waals surface area contributed by atoms with Gasteiger partial charge in [-0.15, -0.1) is 0 Å². The molecule has 1 aromatic heterocycles. The molecule has 0 aliphatic heterocycles. The third-order valence-corrected chi connectivity index (χ3v) is 6.52. The first-order valence-corrected chi connectivity index (χ1v) is 13.0. The van der Waals surface area contributed by atoms with Crippen molar-refractivity contribution < 1.29 is 9.53 Å². The standard InChI is InChI=1S/C29H32BrN3O2/c1-21(2)24-12-3-6-15-27(24)35-19-8-7-18-33-26-14-5-4-13-25(26)32-28(33)16-17-31-29(34)22-10-9-11-23(30)20-22/h3-6,9-15,20-21H,7-8,16-19H2,1-2H3,(H,31,34). The normalized spacial score (nSPS) is 11.2. The number of aromatic nitrogens is 2. The molecule has 4 rings (SSSR count). The molecule has 0 aliphatic carbocycles. The Morgan fingerprint density at radius 3 is 2.66 bits per heavy atom. The molecule has 35 heavy (non-hydrogen) atoms. The number of nitrogens with zero attached hydrogens (tertiary/aromatic N) is 2. The van der Waals surface area contributed by atoms with Crippen molar-refractivity contribution in [3.63, 3.8) is 0 Å². The maximum atomic E-state index is 12.5. The average Bonchev–Trinajstić information content (AvgIpc) is 3.21. The Labute approximate surface area is 215 Å². The van der Waals surface area contributed by atoms with E-state index in [0.717, 1.165) is 46.5 Å². The third-order valence-electron chi connectivity index (χ3n) is 6.03. The second kappa shape index (κ2) is 12.0. The number of benzene rings is 3. The predicted octanol–water partition coefficient (Wildman–Crippen LogP) is 6.75. The Bertz CT molecular complexity index is 1280. The lowest BCUT2D eigenvalue weighted by Gasteiger charge is -2.14. The molecular formula is C29H32BrN3O2. The zero-order chi connectivity index (χ0) is 24.6. The molecule has 5 nitrogen and oxygen atoms in total. The predicted molar refractivity (Wildman–Crippen MR) is 145 cm³/mol. The van der Waals surface area contributed by atoms with Crippen molar-refractivity contribution in [1.82, 2.24) is 14.9 Å². The summed E-state index contributed by atoms with van der Waals surface area (Å²) in [5.74, 6) is 2.34. The minimum Gasteiger partial charge on any atom is -0.493 e. The van der Waals surface area contributed by atoms with Crippen LogP contribution in [0.1, 0.15) is 54.4 Å². The fourth-order valence-electron chi connectivity index (χ4n) is 4.23. The van der Waals surface area contributed by atoms with Crippen LogP contribution in [0.3, 0.4) is 0 Å². The largest absolute Gasteiger partial charge is 0.493 e. The first-order valence-electron chi connectivity index (χ1n) is 12.2. The number of ether oxygens (including phenoxy) is 1. The molecule has 0 saturated heterocycles. The lowest BCUT2D eigenvalue weighted by Crippen LogP contribution is -2.26. The van der Waals surface area contributed by atoms with Gasteiger partial charge in [-0.25, -0.2) is 4.98 Å². The molecule has 0 aliphatic rings. The highest BCUT2D eigenvalue weighted by molar-refractivity contribution is 9.10. The number of halogens is 1. The monoisotopic (exact) mass is 533 g/mol. The van der Waals surface area contributed by atoms with E-state index in [4.69, 9.17) is 9.72 Å². The first kappa shape index (κ1) is 25.0. The van der Waals surface area contributed by atoms with Crippen molar-refractivity contribution in [2.24, 2.45) is 0 Å². The van der Waals surface area contributed by atoms with Gasteiger partial charge in [-0.05, 0) is 60.7 Å². The second-order valence-corrected chi connectivity index (χ2v) is 9.85. The Hall–Kier alpha value is -3.12. The Kier molecular flexibility index (Phi) is 8.59. The smallest absolute Gasteiger partial charge is 0.251 e. The van der Waals surface area contributed by atoms with Gasteiger partial charge in [0.05, 0.1) is 17.6 Å². The molecule has 3 aromatic carbocycles. The lowest BCUT2D eigenvalue weighted by atomic mass is 10.0. The summed E-state index contributed by atoms with van der Waals surface area (Å²) < 4.78 is 9.27. The van der Waals surface area contributed by atoms with E-state index in [1.54, 1.807) is 0 Å². The minimum atomic E-state index is -0.0761. The molecule has 0 atom stereocenters. The SMILES string of the molecule is CC(C)c1ccccc1OCCCCn1c(CCNC(=O)c2cccc(Br)c2)nc2ccccc21. The van der Waals surface area contributed by atoms with E-state index in [-0.39, 0.29) is 5.91 Å². The number of hydrogen-bond acceptors (Lipinski definition) is 3. The number of unbranched alkanes of at least 4 members (excludes halogenated alkanes) is 1. The van der Waals surface area contributed by atoms with Crippen LogP contribution in [0, 0.1) is 0 Å². The summed E-state index contributed by atoms with van der Waals surface area (Å²) in [6, 6.07) is 23.9. The van der Waals surface area contributed by atoms with Gasteiger partial charge in [0.2, 0.25) is 0 Å². The molecule has 0 radical (unpaired) electrons. The molecule has 0 bridgehead atoms. The number of aryl methyl sites for hydroxylation is 1. The van der Waals surface area contributed by atoms with E-state index in [0.29, 0.717) is 31.1 Å². The number of hydrogen-bond donors (Lipinski definition) is 1. The van der Waals surface area contributed by atoms with Crippen LogP contribution in [0.25, 0.3) is 11.0 Å². The van der Waals surface area contributed by atoms with E-state index in [2.05, 4.69) is 63.9 Å². The van der Waals surface area contributed by atoms with Crippen molar-refractivity contribution in [2.75, 3.05) is 13.2 Å². The maximum absolute atomic E-state index is 12.5. The Morgan fingerprint density at radius 1 is 1.03 bits per heavy atom. The maximum Gasteiger partial charge on any atom is 0.251 e. The van der Waals surface area contributed by atoms with Gasteiger partial charge in [0.1, 0.15) is 11.6 Å². The molecule has 0 unspecified atom stereocenters. The van der Waals surface area contributed by atoms with Crippen LogP contribution in [0.2, 0.25) is 0 Å². The fourth-order valence-corrected chi connectivity index (χ4v) is 4.63. The van der Waals surface area contributed by atoms with Gasteiger partial charge in [0.25, 0.3) is 5.91 Å². The molecule has 4 aromatic rings. The van der Waals surface area contributed by atoms with Crippen molar-refractivity contribution in [2.45, 2.75) is 45.6 Å². The van der Waals surface area contributed by atoms with Crippen molar-refractivity contribution in [3.05, 3.63) is 94.2 Å². The molecule has 182 valence electrons. The van der Waals surface area contributed by atoms with Crippen LogP contribution in [0.15, 0.2) is 77.3 Å². The van der Waals surface area contributed by atoms with E-state index in [9.17, 15) is 4.79 Å². The summed E-state index contributed by atoms with van der Waals surface area (Å²) in [4.78, 5) is 17.3. The summed E-state index contributed by atoms with van der Waals surface area (Å²) in [6.07, 6.45) is 2.62. The number of rotatable bonds is 11. The van der Waals surface area contributed by atoms with Crippen LogP contribution in [-0.4, -0.2) is 28.6 Å². The van der Waals surface area contributed by atoms with Crippen LogP contribution < -0.4 is 10.1 Å². The number of para-hydroxylation sites is 3. The van der Waals surface area contributed by atoms with E-state index in [1.165, 1.54) is 5.56 Å². The highest BCUT2D eigenvalue weighted by atomic mass is 79.9. The molecule has 6 heteroatoms. The fraction of sp³-hybridized carbons (Fsp3) is 0.310. The number of carbonyl (C=O) groups excluding carboxylic acids is 1.